The van der Waals surface area contributed by atoms with E-state index in [4.69, 9.17) is 4.74 Å². The number of likely N-dealkylation sites (N-methyl/N-ethyl adjacent to an activating group) is 1. The predicted octanol–water partition coefficient (Wildman–Crippen LogP) is 0.742. The second kappa shape index (κ2) is 9.50. The maximum atomic E-state index is 12.4. The number of nitrogens with zero attached hydrogens (tertiary/aromatic N) is 1. The Balaban J connectivity index is 2.03. The van der Waals surface area contributed by atoms with E-state index in [1.165, 1.54) is 17.9 Å². The molecule has 1 saturated heterocycles. The molecular weight excluding hydrogens is 384 g/mol. The van der Waals surface area contributed by atoms with E-state index in [0.717, 1.165) is 0 Å². The maximum absolute atomic E-state index is 12.4. The van der Waals surface area contributed by atoms with Gasteiger partial charge in [0.1, 0.15) is 5.70 Å². The number of ether oxygens (including phenoxy) is 1. The molecule has 1 atom stereocenters. The molecule has 2 rings (SSSR count). The van der Waals surface area contributed by atoms with Crippen LogP contribution in [-0.2, 0) is 29.0 Å². The SMILES string of the molecule is CCN(C(=O)COC(=O)/C(=C/c1ccccc1)NC(C)=O)C1CCS(=O)(=O)C1. The fraction of sp³-hybridized carbons (Fsp3) is 0.421. The summed E-state index contributed by atoms with van der Waals surface area (Å²) >= 11 is 0. The highest BCUT2D eigenvalue weighted by molar-refractivity contribution is 7.91. The minimum absolute atomic E-state index is 0.0493. The van der Waals surface area contributed by atoms with E-state index in [1.807, 2.05) is 6.07 Å². The van der Waals surface area contributed by atoms with E-state index >= 15 is 0 Å². The zero-order valence-electron chi connectivity index (χ0n) is 15.9. The van der Waals surface area contributed by atoms with E-state index in [2.05, 4.69) is 5.32 Å². The average molecular weight is 408 g/mol. The number of amides is 2. The molecule has 1 heterocycles. The van der Waals surface area contributed by atoms with E-state index in [-0.39, 0.29) is 17.2 Å². The first-order valence-corrected chi connectivity index (χ1v) is 10.8. The first-order valence-electron chi connectivity index (χ1n) is 8.93. The number of hydrogen-bond donors (Lipinski definition) is 1. The Morgan fingerprint density at radius 3 is 2.46 bits per heavy atom. The summed E-state index contributed by atoms with van der Waals surface area (Å²) in [4.78, 5) is 37.6. The van der Waals surface area contributed by atoms with Gasteiger partial charge in [0.15, 0.2) is 16.4 Å². The molecule has 1 unspecified atom stereocenters. The van der Waals surface area contributed by atoms with Crippen molar-refractivity contribution < 1.29 is 27.5 Å². The molecule has 0 bridgehead atoms. The molecule has 0 radical (unpaired) electrons. The molecule has 0 saturated carbocycles. The number of benzene rings is 1. The van der Waals surface area contributed by atoms with Gasteiger partial charge in [-0.15, -0.1) is 0 Å². The zero-order chi connectivity index (χ0) is 20.7. The van der Waals surface area contributed by atoms with Crippen LogP contribution in [0.15, 0.2) is 36.0 Å². The van der Waals surface area contributed by atoms with Crippen LogP contribution < -0.4 is 5.32 Å². The molecule has 1 aromatic carbocycles. The number of rotatable bonds is 7. The largest absolute Gasteiger partial charge is 0.451 e. The monoisotopic (exact) mass is 408 g/mol. The lowest BCUT2D eigenvalue weighted by Gasteiger charge is -2.26. The average Bonchev–Trinajstić information content (AvgIpc) is 2.99. The molecule has 1 aromatic rings. The van der Waals surface area contributed by atoms with Crippen molar-refractivity contribution >= 4 is 33.7 Å². The first-order chi connectivity index (χ1) is 13.2. The molecule has 1 fully saturated rings. The van der Waals surface area contributed by atoms with Crippen LogP contribution in [0.5, 0.6) is 0 Å². The van der Waals surface area contributed by atoms with Crippen molar-refractivity contribution in [1.82, 2.24) is 10.2 Å². The molecule has 28 heavy (non-hydrogen) atoms. The molecule has 1 aliphatic rings. The van der Waals surface area contributed by atoms with Gasteiger partial charge in [0.25, 0.3) is 5.91 Å². The summed E-state index contributed by atoms with van der Waals surface area (Å²) in [7, 11) is -3.14. The van der Waals surface area contributed by atoms with E-state index in [9.17, 15) is 22.8 Å². The van der Waals surface area contributed by atoms with Crippen LogP contribution in [0.4, 0.5) is 0 Å². The summed E-state index contributed by atoms with van der Waals surface area (Å²) < 4.78 is 28.4. The van der Waals surface area contributed by atoms with Gasteiger partial charge >= 0.3 is 5.97 Å². The van der Waals surface area contributed by atoms with Gasteiger partial charge in [-0.25, -0.2) is 13.2 Å². The number of nitrogens with one attached hydrogen (secondary N) is 1. The molecular formula is C19H24N2O6S. The lowest BCUT2D eigenvalue weighted by atomic mass is 10.2. The highest BCUT2D eigenvalue weighted by Gasteiger charge is 2.34. The van der Waals surface area contributed by atoms with Gasteiger partial charge in [0.05, 0.1) is 11.5 Å². The number of esters is 1. The summed E-state index contributed by atoms with van der Waals surface area (Å²) in [5.41, 5.74) is 0.596. The van der Waals surface area contributed by atoms with Crippen LogP contribution in [0, 0.1) is 0 Å². The summed E-state index contributed by atoms with van der Waals surface area (Å²) in [6.07, 6.45) is 1.83. The Labute approximate surface area is 164 Å². The summed E-state index contributed by atoms with van der Waals surface area (Å²) in [5.74, 6) is -1.79. The van der Waals surface area contributed by atoms with Gasteiger partial charge in [0, 0.05) is 19.5 Å². The number of hydrogen-bond acceptors (Lipinski definition) is 6. The fourth-order valence-electron chi connectivity index (χ4n) is 3.00. The second-order valence-corrected chi connectivity index (χ2v) is 8.69. The fourth-order valence-corrected chi connectivity index (χ4v) is 4.73. The van der Waals surface area contributed by atoms with Gasteiger partial charge < -0.3 is 15.0 Å². The van der Waals surface area contributed by atoms with Crippen molar-refractivity contribution in [2.75, 3.05) is 24.7 Å². The minimum Gasteiger partial charge on any atom is -0.451 e. The lowest BCUT2D eigenvalue weighted by Crippen LogP contribution is -2.43. The third kappa shape index (κ3) is 6.19. The van der Waals surface area contributed by atoms with Crippen LogP contribution in [0.1, 0.15) is 25.8 Å². The first kappa shape index (κ1) is 21.6. The topological polar surface area (TPSA) is 110 Å². The Morgan fingerprint density at radius 1 is 1.25 bits per heavy atom. The highest BCUT2D eigenvalue weighted by atomic mass is 32.2. The molecule has 1 aliphatic heterocycles. The number of sulfone groups is 1. The summed E-state index contributed by atoms with van der Waals surface area (Å²) in [6, 6.07) is 8.46. The van der Waals surface area contributed by atoms with E-state index in [0.29, 0.717) is 18.5 Å². The smallest absolute Gasteiger partial charge is 0.355 e. The Kier molecular flexibility index (Phi) is 7.33. The predicted molar refractivity (Wildman–Crippen MR) is 104 cm³/mol. The van der Waals surface area contributed by atoms with Gasteiger partial charge in [-0.05, 0) is 25.0 Å². The second-order valence-electron chi connectivity index (χ2n) is 6.46. The van der Waals surface area contributed by atoms with Crippen molar-refractivity contribution in [3.8, 4) is 0 Å². The maximum Gasteiger partial charge on any atom is 0.355 e. The Hall–Kier alpha value is -2.68. The van der Waals surface area contributed by atoms with E-state index < -0.39 is 40.3 Å². The van der Waals surface area contributed by atoms with Gasteiger partial charge in [-0.3, -0.25) is 9.59 Å². The van der Waals surface area contributed by atoms with Gasteiger partial charge in [-0.1, -0.05) is 30.3 Å². The molecule has 0 aromatic heterocycles. The molecule has 9 heteroatoms. The van der Waals surface area contributed by atoms with E-state index in [1.54, 1.807) is 31.2 Å². The molecule has 152 valence electrons. The third-order valence-electron chi connectivity index (χ3n) is 4.28. The van der Waals surface area contributed by atoms with Gasteiger partial charge in [-0.2, -0.15) is 0 Å². The quantitative estimate of drug-likeness (QED) is 0.526. The highest BCUT2D eigenvalue weighted by Crippen LogP contribution is 2.18. The van der Waals surface area contributed by atoms with Crippen molar-refractivity contribution in [3.63, 3.8) is 0 Å². The number of carbonyl (C=O) groups excluding carboxylic acids is 3. The van der Waals surface area contributed by atoms with Crippen LogP contribution in [-0.4, -0.2) is 61.8 Å². The van der Waals surface area contributed by atoms with Crippen LogP contribution in [0.2, 0.25) is 0 Å². The van der Waals surface area contributed by atoms with Crippen LogP contribution >= 0.6 is 0 Å². The molecule has 8 nitrogen and oxygen atoms in total. The molecule has 0 spiro atoms. The third-order valence-corrected chi connectivity index (χ3v) is 6.03. The Morgan fingerprint density at radius 2 is 1.93 bits per heavy atom. The van der Waals surface area contributed by atoms with Crippen molar-refractivity contribution in [3.05, 3.63) is 41.6 Å². The summed E-state index contributed by atoms with van der Waals surface area (Å²) in [6.45, 7) is 2.78. The zero-order valence-corrected chi connectivity index (χ0v) is 16.7. The van der Waals surface area contributed by atoms with Gasteiger partial charge in [0.2, 0.25) is 5.91 Å². The van der Waals surface area contributed by atoms with Crippen molar-refractivity contribution in [2.24, 2.45) is 0 Å². The lowest BCUT2D eigenvalue weighted by molar-refractivity contribution is -0.150. The normalized spacial score (nSPS) is 18.4. The molecule has 2 amide bonds. The Bertz CT molecular complexity index is 864. The standard InChI is InChI=1S/C19H24N2O6S/c1-3-21(16-9-10-28(25,26)13-16)18(23)12-27-19(24)17(20-14(2)22)11-15-7-5-4-6-8-15/h4-8,11,16H,3,9-10,12-13H2,1-2H3,(H,20,22)/b17-11-. The van der Waals surface area contributed by atoms with Crippen LogP contribution in [0.3, 0.4) is 0 Å². The molecule has 1 N–H and O–H groups in total. The van der Waals surface area contributed by atoms with Crippen LogP contribution in [0.25, 0.3) is 6.08 Å². The summed E-state index contributed by atoms with van der Waals surface area (Å²) in [5, 5.41) is 2.40. The minimum atomic E-state index is -3.14. The molecule has 0 aliphatic carbocycles. The number of carbonyl (C=O) groups is 3. The van der Waals surface area contributed by atoms with Crippen molar-refractivity contribution in [1.29, 1.82) is 0 Å². The van der Waals surface area contributed by atoms with Crippen molar-refractivity contribution in [2.45, 2.75) is 26.3 Å².